The molecule has 3 rings (SSSR count). The largest absolute Gasteiger partial charge is 0.444 e. The fourth-order valence-corrected chi connectivity index (χ4v) is 2.69. The van der Waals surface area contributed by atoms with E-state index in [0.29, 0.717) is 17.3 Å². The molecule has 0 aliphatic heterocycles. The fourth-order valence-electron chi connectivity index (χ4n) is 2.43. The lowest BCUT2D eigenvalue weighted by Gasteiger charge is -2.22. The number of aromatic nitrogens is 5. The molecule has 1 atom stereocenters. The number of carbonyl (C=O) groups excluding carboxylic acids is 1. The molecular weight excluding hydrogens is 438 g/mol. The lowest BCUT2D eigenvalue weighted by atomic mass is 10.2. The normalized spacial score (nSPS) is 12.3. The minimum absolute atomic E-state index is 0.239. The van der Waals surface area contributed by atoms with Crippen LogP contribution in [0.3, 0.4) is 0 Å². The second-order valence-corrected chi connectivity index (χ2v) is 8.14. The van der Waals surface area contributed by atoms with E-state index in [9.17, 15) is 4.79 Å². The van der Waals surface area contributed by atoms with Crippen molar-refractivity contribution >= 4 is 27.7 Å². The van der Waals surface area contributed by atoms with E-state index in [1.807, 2.05) is 45.0 Å². The summed E-state index contributed by atoms with van der Waals surface area (Å²) in [5, 5.41) is 13.3. The standard InChI is InChI=1S/C19H22BrN7O2/c1-19(2,3)29-18(28)22-10-15(24-13-6-4-12(20)5-7-13)17-25-16(26-27-17)14-8-9-21-11-23-14/h4-9,11,15,24H,10H2,1-3H3,(H,22,28)(H,25,26,27)/t15-/m1/s1. The number of alkyl carbamates (subject to hydrolysis) is 1. The van der Waals surface area contributed by atoms with Crippen LogP contribution in [0.5, 0.6) is 0 Å². The molecule has 3 N–H and O–H groups in total. The summed E-state index contributed by atoms with van der Waals surface area (Å²) in [6.07, 6.45) is 2.56. The van der Waals surface area contributed by atoms with Crippen molar-refractivity contribution in [3.63, 3.8) is 0 Å². The fraction of sp³-hybridized carbons (Fsp3) is 0.316. The third-order valence-corrected chi connectivity index (χ3v) is 4.21. The summed E-state index contributed by atoms with van der Waals surface area (Å²) in [4.78, 5) is 24.7. The number of anilines is 1. The van der Waals surface area contributed by atoms with Crippen molar-refractivity contribution in [1.82, 2.24) is 30.5 Å². The summed E-state index contributed by atoms with van der Waals surface area (Å²) in [6, 6.07) is 9.05. The van der Waals surface area contributed by atoms with Crippen molar-refractivity contribution in [3.05, 3.63) is 53.2 Å². The van der Waals surface area contributed by atoms with Gasteiger partial charge in [0, 0.05) is 22.9 Å². The quantitative estimate of drug-likeness (QED) is 0.513. The molecule has 2 aromatic heterocycles. The van der Waals surface area contributed by atoms with Crippen LogP contribution >= 0.6 is 15.9 Å². The first-order valence-electron chi connectivity index (χ1n) is 8.98. The Morgan fingerprint density at radius 2 is 2.00 bits per heavy atom. The molecule has 0 aliphatic carbocycles. The lowest BCUT2D eigenvalue weighted by molar-refractivity contribution is 0.0525. The maximum atomic E-state index is 12.1. The Morgan fingerprint density at radius 1 is 1.24 bits per heavy atom. The molecule has 0 fully saturated rings. The van der Waals surface area contributed by atoms with Gasteiger partial charge in [-0.15, -0.1) is 0 Å². The first-order chi connectivity index (χ1) is 13.8. The van der Waals surface area contributed by atoms with E-state index < -0.39 is 11.7 Å². The molecule has 0 saturated heterocycles. The SMILES string of the molecule is CC(C)(C)OC(=O)NC[C@@H](Nc1ccc(Br)cc1)c1nc(-c2ccncn2)n[nH]1. The van der Waals surface area contributed by atoms with Gasteiger partial charge in [-0.3, -0.25) is 5.10 Å². The molecule has 0 saturated carbocycles. The average Bonchev–Trinajstić information content (AvgIpc) is 3.16. The number of amides is 1. The number of rotatable bonds is 6. The van der Waals surface area contributed by atoms with Crippen molar-refractivity contribution in [1.29, 1.82) is 0 Å². The number of hydrogen-bond acceptors (Lipinski definition) is 7. The zero-order chi connectivity index (χ0) is 20.9. The molecule has 152 valence electrons. The third kappa shape index (κ3) is 6.24. The number of ether oxygens (including phenoxy) is 1. The first kappa shape index (κ1) is 20.7. The van der Waals surface area contributed by atoms with Crippen molar-refractivity contribution < 1.29 is 9.53 Å². The first-order valence-corrected chi connectivity index (χ1v) is 9.77. The Hall–Kier alpha value is -3.01. The summed E-state index contributed by atoms with van der Waals surface area (Å²) in [7, 11) is 0. The molecule has 0 radical (unpaired) electrons. The van der Waals surface area contributed by atoms with Gasteiger partial charge in [-0.2, -0.15) is 5.10 Å². The van der Waals surface area contributed by atoms with Gasteiger partial charge in [0.2, 0.25) is 0 Å². The molecule has 0 aliphatic rings. The number of aromatic amines is 1. The summed E-state index contributed by atoms with van der Waals surface area (Å²) in [5.74, 6) is 1.000. The predicted molar refractivity (Wildman–Crippen MR) is 112 cm³/mol. The highest BCUT2D eigenvalue weighted by Gasteiger charge is 2.21. The van der Waals surface area contributed by atoms with E-state index in [1.165, 1.54) is 6.33 Å². The van der Waals surface area contributed by atoms with Crippen LogP contribution in [-0.2, 0) is 4.74 Å². The van der Waals surface area contributed by atoms with E-state index in [-0.39, 0.29) is 12.6 Å². The van der Waals surface area contributed by atoms with Crippen LogP contribution in [0.2, 0.25) is 0 Å². The smallest absolute Gasteiger partial charge is 0.407 e. The molecular formula is C19H22BrN7O2. The molecule has 0 spiro atoms. The van der Waals surface area contributed by atoms with Crippen molar-refractivity contribution in [2.45, 2.75) is 32.4 Å². The number of hydrogen-bond donors (Lipinski definition) is 3. The van der Waals surface area contributed by atoms with Gasteiger partial charge in [-0.05, 0) is 51.1 Å². The molecule has 2 heterocycles. The lowest BCUT2D eigenvalue weighted by Crippen LogP contribution is -2.36. The molecule has 9 nitrogen and oxygen atoms in total. The highest BCUT2D eigenvalue weighted by molar-refractivity contribution is 9.10. The van der Waals surface area contributed by atoms with E-state index >= 15 is 0 Å². The van der Waals surface area contributed by atoms with Crippen LogP contribution < -0.4 is 10.6 Å². The van der Waals surface area contributed by atoms with E-state index in [0.717, 1.165) is 10.2 Å². The van der Waals surface area contributed by atoms with Crippen molar-refractivity contribution in [3.8, 4) is 11.5 Å². The Labute approximate surface area is 176 Å². The zero-order valence-corrected chi connectivity index (χ0v) is 17.9. The van der Waals surface area contributed by atoms with Gasteiger partial charge >= 0.3 is 6.09 Å². The van der Waals surface area contributed by atoms with Gasteiger partial charge in [-0.25, -0.2) is 19.7 Å². The second-order valence-electron chi connectivity index (χ2n) is 7.23. The average molecular weight is 460 g/mol. The van der Waals surface area contributed by atoms with Crippen LogP contribution in [0, 0.1) is 0 Å². The number of benzene rings is 1. The monoisotopic (exact) mass is 459 g/mol. The number of H-pyrrole nitrogens is 1. The van der Waals surface area contributed by atoms with Gasteiger partial charge in [0.05, 0.1) is 0 Å². The second kappa shape index (κ2) is 8.99. The van der Waals surface area contributed by atoms with Gasteiger partial charge in [0.1, 0.15) is 29.5 Å². The zero-order valence-electron chi connectivity index (χ0n) is 16.3. The van der Waals surface area contributed by atoms with Crippen LogP contribution in [0.25, 0.3) is 11.5 Å². The van der Waals surface area contributed by atoms with Gasteiger partial charge in [0.15, 0.2) is 5.82 Å². The van der Waals surface area contributed by atoms with Crippen molar-refractivity contribution in [2.24, 2.45) is 0 Å². The molecule has 3 aromatic rings. The summed E-state index contributed by atoms with van der Waals surface area (Å²) >= 11 is 3.42. The molecule has 1 amide bonds. The van der Waals surface area contributed by atoms with Crippen LogP contribution in [0.4, 0.5) is 10.5 Å². The van der Waals surface area contributed by atoms with E-state index in [2.05, 4.69) is 51.7 Å². The van der Waals surface area contributed by atoms with E-state index in [4.69, 9.17) is 4.74 Å². The topological polar surface area (TPSA) is 118 Å². The minimum Gasteiger partial charge on any atom is -0.444 e. The number of carbonyl (C=O) groups is 1. The predicted octanol–water partition coefficient (Wildman–Crippen LogP) is 3.70. The Bertz CT molecular complexity index is 939. The highest BCUT2D eigenvalue weighted by Crippen LogP contribution is 2.21. The van der Waals surface area contributed by atoms with Crippen LogP contribution in [0.15, 0.2) is 47.3 Å². The third-order valence-electron chi connectivity index (χ3n) is 3.68. The Balaban J connectivity index is 1.77. The van der Waals surface area contributed by atoms with Crippen molar-refractivity contribution in [2.75, 3.05) is 11.9 Å². The molecule has 0 bridgehead atoms. The highest BCUT2D eigenvalue weighted by atomic mass is 79.9. The summed E-state index contributed by atoms with van der Waals surface area (Å²) < 4.78 is 6.29. The number of nitrogens with zero attached hydrogens (tertiary/aromatic N) is 4. The van der Waals surface area contributed by atoms with Gasteiger partial charge in [-0.1, -0.05) is 15.9 Å². The number of halogens is 1. The van der Waals surface area contributed by atoms with Gasteiger partial charge < -0.3 is 15.4 Å². The summed E-state index contributed by atoms with van der Waals surface area (Å²) in [5.41, 5.74) is 0.889. The molecule has 10 heteroatoms. The van der Waals surface area contributed by atoms with Crippen LogP contribution in [0.1, 0.15) is 32.6 Å². The molecule has 29 heavy (non-hydrogen) atoms. The maximum Gasteiger partial charge on any atom is 0.407 e. The Kier molecular flexibility index (Phi) is 6.42. The maximum absolute atomic E-state index is 12.1. The van der Waals surface area contributed by atoms with Crippen LogP contribution in [-0.4, -0.2) is 43.4 Å². The van der Waals surface area contributed by atoms with E-state index in [1.54, 1.807) is 12.3 Å². The van der Waals surface area contributed by atoms with Gasteiger partial charge in [0.25, 0.3) is 0 Å². The molecule has 0 unspecified atom stereocenters. The number of nitrogens with one attached hydrogen (secondary N) is 3. The Morgan fingerprint density at radius 3 is 2.66 bits per heavy atom. The summed E-state index contributed by atoms with van der Waals surface area (Å²) in [6.45, 7) is 5.68. The molecule has 1 aromatic carbocycles. The minimum atomic E-state index is -0.578.